The van der Waals surface area contributed by atoms with E-state index in [1.807, 2.05) is 0 Å². The van der Waals surface area contributed by atoms with Gasteiger partial charge in [0.2, 0.25) is 10.0 Å². The highest BCUT2D eigenvalue weighted by atomic mass is 32.2. The van der Waals surface area contributed by atoms with Crippen LogP contribution in [0, 0.1) is 0 Å². The molecule has 0 radical (unpaired) electrons. The van der Waals surface area contributed by atoms with Gasteiger partial charge >= 0.3 is 0 Å². The van der Waals surface area contributed by atoms with Crippen molar-refractivity contribution in [2.45, 2.75) is 17.4 Å². The van der Waals surface area contributed by atoms with E-state index in [1.54, 1.807) is 6.07 Å². The fraction of sp³-hybridized carbons (Fsp3) is 0.400. The Hall–Kier alpha value is -1.15. The molecule has 0 amide bonds. The Kier molecular flexibility index (Phi) is 4.10. The summed E-state index contributed by atoms with van der Waals surface area (Å²) in [6.45, 7) is 0.516. The maximum atomic E-state index is 11.8. The van der Waals surface area contributed by atoms with Gasteiger partial charge in [-0.2, -0.15) is 0 Å². The third-order valence-corrected chi connectivity index (χ3v) is 3.55. The summed E-state index contributed by atoms with van der Waals surface area (Å²) in [7, 11) is -3.73. The Morgan fingerprint density at radius 3 is 2.65 bits per heavy atom. The number of nitrogens with one attached hydrogen (secondary N) is 1. The van der Waals surface area contributed by atoms with Crippen LogP contribution >= 0.6 is 0 Å². The van der Waals surface area contributed by atoms with Crippen LogP contribution in [0.1, 0.15) is 6.92 Å². The average Bonchev–Trinajstić information content (AvgIpc) is 2.27. The van der Waals surface area contributed by atoms with E-state index in [9.17, 15) is 13.5 Å². The molecule has 17 heavy (non-hydrogen) atoms. The first-order chi connectivity index (χ1) is 7.77. The molecule has 0 aromatic heterocycles. The number of nitrogens with two attached hydrogens (primary N) is 1. The van der Waals surface area contributed by atoms with Gasteiger partial charge in [0.15, 0.2) is 0 Å². The first-order valence-corrected chi connectivity index (χ1v) is 6.44. The number of aliphatic hydroxyl groups excluding tert-OH is 1. The van der Waals surface area contributed by atoms with Crippen LogP contribution in [0.5, 0.6) is 0 Å². The fourth-order valence-electron chi connectivity index (χ4n) is 1.07. The van der Waals surface area contributed by atoms with Crippen LogP contribution in [-0.2, 0) is 10.0 Å². The Morgan fingerprint density at radius 1 is 1.47 bits per heavy atom. The number of anilines is 1. The van der Waals surface area contributed by atoms with Crippen molar-refractivity contribution in [1.82, 2.24) is 4.72 Å². The number of benzene rings is 1. The second-order valence-electron chi connectivity index (χ2n) is 4.05. The van der Waals surface area contributed by atoms with Crippen molar-refractivity contribution in [3.63, 3.8) is 0 Å². The zero-order valence-corrected chi connectivity index (χ0v) is 10.2. The summed E-state index contributed by atoms with van der Waals surface area (Å²) < 4.78 is 25.8. The molecule has 5 N–H and O–H groups in total. The molecule has 1 unspecified atom stereocenters. The fourth-order valence-corrected chi connectivity index (χ4v) is 2.29. The molecule has 1 rings (SSSR count). The summed E-state index contributed by atoms with van der Waals surface area (Å²) in [6.07, 6.45) is 0. The van der Waals surface area contributed by atoms with E-state index in [1.165, 1.54) is 25.1 Å². The second kappa shape index (κ2) is 5.01. The smallest absolute Gasteiger partial charge is 0.240 e. The van der Waals surface area contributed by atoms with Gasteiger partial charge in [-0.05, 0) is 25.1 Å². The van der Waals surface area contributed by atoms with Gasteiger partial charge in [0, 0.05) is 12.2 Å². The van der Waals surface area contributed by atoms with Gasteiger partial charge in [-0.25, -0.2) is 13.1 Å². The van der Waals surface area contributed by atoms with Crippen LogP contribution in [-0.4, -0.2) is 37.4 Å². The molecule has 0 spiro atoms. The number of rotatable bonds is 5. The van der Waals surface area contributed by atoms with Gasteiger partial charge in [0.25, 0.3) is 0 Å². The van der Waals surface area contributed by atoms with E-state index in [-0.39, 0.29) is 11.4 Å². The molecule has 7 heteroatoms. The molecule has 0 saturated carbocycles. The minimum Gasteiger partial charge on any atom is -0.399 e. The van der Waals surface area contributed by atoms with Gasteiger partial charge in [-0.15, -0.1) is 0 Å². The minimum atomic E-state index is -3.73. The number of sulfonamides is 1. The lowest BCUT2D eigenvalue weighted by atomic mass is 10.1. The van der Waals surface area contributed by atoms with Crippen molar-refractivity contribution in [3.8, 4) is 0 Å². The summed E-state index contributed by atoms with van der Waals surface area (Å²) in [5.41, 5.74) is 4.32. The lowest BCUT2D eigenvalue weighted by Gasteiger charge is -2.20. The predicted molar refractivity (Wildman–Crippen MR) is 63.8 cm³/mol. The molecule has 0 aliphatic carbocycles. The Bertz CT molecular complexity index is 485. The van der Waals surface area contributed by atoms with E-state index in [0.29, 0.717) is 5.69 Å². The largest absolute Gasteiger partial charge is 0.399 e. The summed E-state index contributed by atoms with van der Waals surface area (Å²) in [5.74, 6) is 0. The third-order valence-electron chi connectivity index (χ3n) is 2.15. The topological polar surface area (TPSA) is 113 Å². The van der Waals surface area contributed by atoms with E-state index in [4.69, 9.17) is 10.8 Å². The summed E-state index contributed by atoms with van der Waals surface area (Å²) >= 11 is 0. The van der Waals surface area contributed by atoms with Crippen LogP contribution in [0.4, 0.5) is 5.69 Å². The number of hydrogen-bond donors (Lipinski definition) is 4. The molecule has 96 valence electrons. The Morgan fingerprint density at radius 2 is 2.12 bits per heavy atom. The maximum absolute atomic E-state index is 11.8. The quantitative estimate of drug-likeness (QED) is 0.522. The zero-order valence-electron chi connectivity index (χ0n) is 9.42. The standard InChI is InChI=1S/C10H16N2O4S/c1-10(14,7-13)6-12-17(15,16)9-4-2-3-8(11)5-9/h2-5,12-14H,6-7,11H2,1H3. The first-order valence-electron chi connectivity index (χ1n) is 4.95. The van der Waals surface area contributed by atoms with Crippen molar-refractivity contribution in [3.05, 3.63) is 24.3 Å². The third kappa shape index (κ3) is 3.97. The van der Waals surface area contributed by atoms with Gasteiger partial charge in [0.05, 0.1) is 17.1 Å². The van der Waals surface area contributed by atoms with Gasteiger partial charge < -0.3 is 15.9 Å². The van der Waals surface area contributed by atoms with E-state index >= 15 is 0 Å². The molecule has 1 aromatic carbocycles. The van der Waals surface area contributed by atoms with E-state index in [0.717, 1.165) is 0 Å². The number of hydrogen-bond acceptors (Lipinski definition) is 5. The van der Waals surface area contributed by atoms with Crippen molar-refractivity contribution in [1.29, 1.82) is 0 Å². The van der Waals surface area contributed by atoms with Gasteiger partial charge in [0.1, 0.15) is 0 Å². The van der Waals surface area contributed by atoms with Crippen LogP contribution in [0.3, 0.4) is 0 Å². The highest BCUT2D eigenvalue weighted by Crippen LogP contribution is 2.13. The molecule has 1 atom stereocenters. The van der Waals surface area contributed by atoms with Crippen LogP contribution < -0.4 is 10.5 Å². The molecule has 6 nitrogen and oxygen atoms in total. The van der Waals surface area contributed by atoms with E-state index in [2.05, 4.69) is 4.72 Å². The molecule has 0 bridgehead atoms. The van der Waals surface area contributed by atoms with Gasteiger partial charge in [-0.1, -0.05) is 6.07 Å². The van der Waals surface area contributed by atoms with Crippen LogP contribution in [0.25, 0.3) is 0 Å². The highest BCUT2D eigenvalue weighted by molar-refractivity contribution is 7.89. The number of nitrogen functional groups attached to an aromatic ring is 1. The van der Waals surface area contributed by atoms with Crippen LogP contribution in [0.2, 0.25) is 0 Å². The summed E-state index contributed by atoms with van der Waals surface area (Å²) in [6, 6.07) is 5.80. The van der Waals surface area contributed by atoms with Crippen molar-refractivity contribution in [2.75, 3.05) is 18.9 Å². The second-order valence-corrected chi connectivity index (χ2v) is 5.82. The molecule has 1 aromatic rings. The Balaban J connectivity index is 2.83. The molecule has 0 aliphatic rings. The monoisotopic (exact) mass is 260 g/mol. The van der Waals surface area contributed by atoms with Crippen molar-refractivity contribution in [2.24, 2.45) is 0 Å². The zero-order chi connectivity index (χ0) is 13.1. The average molecular weight is 260 g/mol. The van der Waals surface area contributed by atoms with Crippen LogP contribution in [0.15, 0.2) is 29.2 Å². The molecule has 0 heterocycles. The van der Waals surface area contributed by atoms with Crippen molar-refractivity contribution < 1.29 is 18.6 Å². The SMILES string of the molecule is CC(O)(CO)CNS(=O)(=O)c1cccc(N)c1. The molecule has 0 saturated heterocycles. The summed E-state index contributed by atoms with van der Waals surface area (Å²) in [4.78, 5) is 0.0197. The first kappa shape index (κ1) is 13.9. The molecular weight excluding hydrogens is 244 g/mol. The lowest BCUT2D eigenvalue weighted by molar-refractivity contribution is 0.00681. The molecule has 0 aliphatic heterocycles. The Labute approximate surface area is 100 Å². The summed E-state index contributed by atoms with van der Waals surface area (Å²) in [5, 5.41) is 18.3. The van der Waals surface area contributed by atoms with Gasteiger partial charge in [-0.3, -0.25) is 0 Å². The minimum absolute atomic E-state index is 0.0197. The normalized spacial score (nSPS) is 15.5. The predicted octanol–water partition coefficient (Wildman–Crippen LogP) is -0.710. The lowest BCUT2D eigenvalue weighted by Crippen LogP contribution is -2.43. The molecular formula is C10H16N2O4S. The maximum Gasteiger partial charge on any atom is 0.240 e. The molecule has 0 fully saturated rings. The van der Waals surface area contributed by atoms with Crippen molar-refractivity contribution >= 4 is 15.7 Å². The highest BCUT2D eigenvalue weighted by Gasteiger charge is 2.23. The van der Waals surface area contributed by atoms with E-state index < -0.39 is 22.2 Å². The number of aliphatic hydroxyl groups is 2.